The molecule has 0 bridgehead atoms. The Balaban J connectivity index is 1.45. The van der Waals surface area contributed by atoms with E-state index < -0.39 is 0 Å². The second-order valence-corrected chi connectivity index (χ2v) is 7.83. The standard InChI is InChI=1S/C18H23ClN4O2S/c1-2-25-17-14(4-3-7-20-17)12-21-18(24)23-10-8-22(9-11-23)13-15-5-6-16(19)26-15/h3-7H,2,8-13H2,1H3,(H,21,24). The molecule has 26 heavy (non-hydrogen) atoms. The minimum atomic E-state index is -0.0462. The lowest BCUT2D eigenvalue weighted by Crippen LogP contribution is -2.51. The van der Waals surface area contributed by atoms with Gasteiger partial charge in [0.15, 0.2) is 0 Å². The molecule has 1 saturated heterocycles. The Morgan fingerprint density at radius 2 is 2.12 bits per heavy atom. The molecule has 0 spiro atoms. The average Bonchev–Trinajstić information content (AvgIpc) is 3.06. The Morgan fingerprint density at radius 3 is 2.81 bits per heavy atom. The van der Waals surface area contributed by atoms with Crippen molar-refractivity contribution in [2.24, 2.45) is 0 Å². The first-order chi connectivity index (χ1) is 12.7. The molecule has 0 aliphatic carbocycles. The summed E-state index contributed by atoms with van der Waals surface area (Å²) in [5.41, 5.74) is 0.885. The van der Waals surface area contributed by atoms with Crippen LogP contribution >= 0.6 is 22.9 Å². The molecule has 3 rings (SSSR count). The number of piperazine rings is 1. The number of hydrogen-bond donors (Lipinski definition) is 1. The maximum Gasteiger partial charge on any atom is 0.317 e. The van der Waals surface area contributed by atoms with E-state index in [1.54, 1.807) is 17.5 Å². The number of pyridine rings is 1. The Bertz CT molecular complexity index is 731. The Morgan fingerprint density at radius 1 is 1.31 bits per heavy atom. The van der Waals surface area contributed by atoms with E-state index >= 15 is 0 Å². The van der Waals surface area contributed by atoms with Gasteiger partial charge in [0.05, 0.1) is 10.9 Å². The fourth-order valence-corrected chi connectivity index (χ4v) is 4.00. The van der Waals surface area contributed by atoms with Crippen LogP contribution in [0, 0.1) is 0 Å². The van der Waals surface area contributed by atoms with Crippen molar-refractivity contribution >= 4 is 29.0 Å². The molecule has 6 nitrogen and oxygen atoms in total. The zero-order chi connectivity index (χ0) is 18.4. The molecule has 0 radical (unpaired) electrons. The molecular formula is C18H23ClN4O2S. The van der Waals surface area contributed by atoms with Gasteiger partial charge in [-0.3, -0.25) is 4.90 Å². The molecule has 1 aliphatic rings. The molecule has 0 unspecified atom stereocenters. The van der Waals surface area contributed by atoms with Crippen molar-refractivity contribution in [2.45, 2.75) is 20.0 Å². The highest BCUT2D eigenvalue weighted by Crippen LogP contribution is 2.23. The quantitative estimate of drug-likeness (QED) is 0.817. The first kappa shape index (κ1) is 18.9. The van der Waals surface area contributed by atoms with E-state index in [0.29, 0.717) is 19.0 Å². The first-order valence-corrected chi connectivity index (χ1v) is 9.91. The molecule has 0 atom stereocenters. The summed E-state index contributed by atoms with van der Waals surface area (Å²) >= 11 is 7.60. The zero-order valence-electron chi connectivity index (χ0n) is 14.8. The molecule has 1 aliphatic heterocycles. The maximum absolute atomic E-state index is 12.4. The van der Waals surface area contributed by atoms with Crippen LogP contribution < -0.4 is 10.1 Å². The molecule has 2 aromatic heterocycles. The van der Waals surface area contributed by atoms with Gasteiger partial charge in [0.2, 0.25) is 5.88 Å². The van der Waals surface area contributed by atoms with Gasteiger partial charge in [0.25, 0.3) is 0 Å². The average molecular weight is 395 g/mol. The van der Waals surface area contributed by atoms with Crippen LogP contribution in [0.3, 0.4) is 0 Å². The third-order valence-corrected chi connectivity index (χ3v) is 5.44. The van der Waals surface area contributed by atoms with Gasteiger partial charge in [-0.25, -0.2) is 9.78 Å². The number of nitrogens with one attached hydrogen (secondary N) is 1. The number of carbonyl (C=O) groups excluding carboxylic acids is 1. The minimum absolute atomic E-state index is 0.0462. The normalized spacial score (nSPS) is 15.1. The molecule has 2 aromatic rings. The van der Waals surface area contributed by atoms with Crippen LogP contribution in [0.1, 0.15) is 17.4 Å². The SMILES string of the molecule is CCOc1ncccc1CNC(=O)N1CCN(Cc2ccc(Cl)s2)CC1. The summed E-state index contributed by atoms with van der Waals surface area (Å²) in [5.74, 6) is 0.578. The van der Waals surface area contributed by atoms with E-state index in [0.717, 1.165) is 42.6 Å². The van der Waals surface area contributed by atoms with Crippen LogP contribution in [-0.2, 0) is 13.1 Å². The maximum atomic E-state index is 12.4. The molecular weight excluding hydrogens is 372 g/mol. The second kappa shape index (κ2) is 9.21. The minimum Gasteiger partial charge on any atom is -0.478 e. The highest BCUT2D eigenvalue weighted by molar-refractivity contribution is 7.16. The van der Waals surface area contributed by atoms with Crippen molar-refractivity contribution < 1.29 is 9.53 Å². The summed E-state index contributed by atoms with van der Waals surface area (Å²) in [6.45, 7) is 6.93. The van der Waals surface area contributed by atoms with Gasteiger partial charge in [-0.2, -0.15) is 0 Å². The van der Waals surface area contributed by atoms with E-state index in [1.807, 2.05) is 30.0 Å². The predicted octanol–water partition coefficient (Wildman–Crippen LogP) is 3.22. The summed E-state index contributed by atoms with van der Waals surface area (Å²) in [4.78, 5) is 22.1. The van der Waals surface area contributed by atoms with Crippen molar-refractivity contribution in [3.05, 3.63) is 45.2 Å². The summed E-state index contributed by atoms with van der Waals surface area (Å²) in [5, 5.41) is 2.97. The van der Waals surface area contributed by atoms with E-state index in [4.69, 9.17) is 16.3 Å². The number of amides is 2. The van der Waals surface area contributed by atoms with Crippen LogP contribution in [0.4, 0.5) is 4.79 Å². The molecule has 3 heterocycles. The third-order valence-electron chi connectivity index (χ3n) is 4.23. The molecule has 1 fully saturated rings. The number of halogens is 1. The monoisotopic (exact) mass is 394 g/mol. The van der Waals surface area contributed by atoms with Crippen LogP contribution in [-0.4, -0.2) is 53.6 Å². The highest BCUT2D eigenvalue weighted by Gasteiger charge is 2.21. The Hall–Kier alpha value is -1.83. The Labute approximate surface area is 162 Å². The van der Waals surface area contributed by atoms with Crippen molar-refractivity contribution in [1.29, 1.82) is 0 Å². The third kappa shape index (κ3) is 5.09. The van der Waals surface area contributed by atoms with E-state index in [1.165, 1.54) is 4.88 Å². The number of ether oxygens (including phenoxy) is 1. The fourth-order valence-electron chi connectivity index (χ4n) is 2.87. The van der Waals surface area contributed by atoms with Gasteiger partial charge >= 0.3 is 6.03 Å². The first-order valence-electron chi connectivity index (χ1n) is 8.71. The number of nitrogens with zero attached hydrogens (tertiary/aromatic N) is 3. The number of rotatable bonds is 6. The van der Waals surface area contributed by atoms with Crippen LogP contribution in [0.2, 0.25) is 4.34 Å². The van der Waals surface area contributed by atoms with E-state index in [-0.39, 0.29) is 6.03 Å². The van der Waals surface area contributed by atoms with Gasteiger partial charge in [0, 0.05) is 55.9 Å². The second-order valence-electron chi connectivity index (χ2n) is 6.03. The predicted molar refractivity (Wildman–Crippen MR) is 104 cm³/mol. The smallest absolute Gasteiger partial charge is 0.317 e. The van der Waals surface area contributed by atoms with E-state index in [2.05, 4.69) is 21.3 Å². The molecule has 1 N–H and O–H groups in total. The number of carbonyl (C=O) groups is 1. The molecule has 8 heteroatoms. The van der Waals surface area contributed by atoms with Crippen molar-refractivity contribution in [2.75, 3.05) is 32.8 Å². The molecule has 0 saturated carbocycles. The summed E-state index contributed by atoms with van der Waals surface area (Å²) in [7, 11) is 0. The molecule has 0 aromatic carbocycles. The van der Waals surface area contributed by atoms with Gasteiger partial charge in [-0.1, -0.05) is 17.7 Å². The molecule has 2 amide bonds. The van der Waals surface area contributed by atoms with Crippen molar-refractivity contribution in [3.63, 3.8) is 0 Å². The lowest BCUT2D eigenvalue weighted by molar-refractivity contribution is 0.135. The number of thiophene rings is 1. The zero-order valence-corrected chi connectivity index (χ0v) is 16.4. The summed E-state index contributed by atoms with van der Waals surface area (Å²) in [6, 6.07) is 7.72. The Kier molecular flexibility index (Phi) is 6.71. The fraction of sp³-hybridized carbons (Fsp3) is 0.444. The van der Waals surface area contributed by atoms with Crippen LogP contribution in [0.5, 0.6) is 5.88 Å². The van der Waals surface area contributed by atoms with Crippen LogP contribution in [0.25, 0.3) is 0 Å². The lowest BCUT2D eigenvalue weighted by Gasteiger charge is -2.34. The van der Waals surface area contributed by atoms with Gasteiger partial charge in [-0.05, 0) is 25.1 Å². The number of aromatic nitrogens is 1. The van der Waals surface area contributed by atoms with Crippen molar-refractivity contribution in [3.8, 4) is 5.88 Å². The number of urea groups is 1. The topological polar surface area (TPSA) is 57.7 Å². The largest absolute Gasteiger partial charge is 0.478 e. The van der Waals surface area contributed by atoms with Gasteiger partial charge < -0.3 is 15.0 Å². The number of hydrogen-bond acceptors (Lipinski definition) is 5. The van der Waals surface area contributed by atoms with Gasteiger partial charge in [0.1, 0.15) is 0 Å². The lowest BCUT2D eigenvalue weighted by atomic mass is 10.2. The van der Waals surface area contributed by atoms with Crippen molar-refractivity contribution in [1.82, 2.24) is 20.1 Å². The van der Waals surface area contributed by atoms with Crippen LogP contribution in [0.15, 0.2) is 30.5 Å². The highest BCUT2D eigenvalue weighted by atomic mass is 35.5. The van der Waals surface area contributed by atoms with E-state index in [9.17, 15) is 4.79 Å². The summed E-state index contributed by atoms with van der Waals surface area (Å²) < 4.78 is 6.32. The van der Waals surface area contributed by atoms with Gasteiger partial charge in [-0.15, -0.1) is 11.3 Å². The molecule has 140 valence electrons. The summed E-state index contributed by atoms with van der Waals surface area (Å²) in [6.07, 6.45) is 1.69.